The van der Waals surface area contributed by atoms with Gasteiger partial charge in [-0.25, -0.2) is 0 Å². The number of carbonyl (C=O) groups is 1. The molecule has 0 bridgehead atoms. The summed E-state index contributed by atoms with van der Waals surface area (Å²) < 4.78 is 0. The van der Waals surface area contributed by atoms with Gasteiger partial charge in [0.15, 0.2) is 0 Å². The van der Waals surface area contributed by atoms with E-state index in [0.29, 0.717) is 11.8 Å². The van der Waals surface area contributed by atoms with E-state index in [4.69, 9.17) is 0 Å². The summed E-state index contributed by atoms with van der Waals surface area (Å²) in [5, 5.41) is 0. The molecule has 15 heavy (non-hydrogen) atoms. The zero-order chi connectivity index (χ0) is 10.7. The average molecular weight is 210 g/mol. The van der Waals surface area contributed by atoms with Crippen LogP contribution in [0.1, 0.15) is 32.1 Å². The summed E-state index contributed by atoms with van der Waals surface area (Å²) in [6.45, 7) is 4.32. The summed E-state index contributed by atoms with van der Waals surface area (Å²) in [6, 6.07) is 0. The number of nitrogens with zero attached hydrogens (tertiary/aromatic N) is 2. The molecule has 2 aliphatic heterocycles. The molecule has 2 saturated heterocycles. The van der Waals surface area contributed by atoms with Gasteiger partial charge in [0.05, 0.1) is 0 Å². The molecule has 2 aliphatic rings. The summed E-state index contributed by atoms with van der Waals surface area (Å²) in [5.74, 6) is 1.00. The Balaban J connectivity index is 1.77. The van der Waals surface area contributed by atoms with Gasteiger partial charge in [0, 0.05) is 26.1 Å². The Hall–Kier alpha value is -0.570. The summed E-state index contributed by atoms with van der Waals surface area (Å²) in [5.41, 5.74) is 0. The van der Waals surface area contributed by atoms with Gasteiger partial charge in [-0.05, 0) is 45.2 Å². The number of amides is 1. The van der Waals surface area contributed by atoms with Crippen LogP contribution in [0.15, 0.2) is 0 Å². The van der Waals surface area contributed by atoms with E-state index in [-0.39, 0.29) is 0 Å². The van der Waals surface area contributed by atoms with Gasteiger partial charge in [0.1, 0.15) is 0 Å². The van der Waals surface area contributed by atoms with Crippen molar-refractivity contribution in [3.05, 3.63) is 0 Å². The predicted octanol–water partition coefficient (Wildman–Crippen LogP) is 1.34. The first-order chi connectivity index (χ1) is 7.25. The molecule has 1 amide bonds. The summed E-state index contributed by atoms with van der Waals surface area (Å²) in [7, 11) is 2.16. The Morgan fingerprint density at radius 2 is 1.93 bits per heavy atom. The van der Waals surface area contributed by atoms with Crippen LogP contribution in [-0.4, -0.2) is 48.9 Å². The summed E-state index contributed by atoms with van der Waals surface area (Å²) in [6.07, 6.45) is 5.69. The minimum atomic E-state index is 0.396. The second kappa shape index (κ2) is 4.97. The Labute approximate surface area is 92.4 Å². The van der Waals surface area contributed by atoms with Gasteiger partial charge in [-0.3, -0.25) is 4.79 Å². The fourth-order valence-corrected chi connectivity index (χ4v) is 2.78. The van der Waals surface area contributed by atoms with E-state index < -0.39 is 0 Å². The fourth-order valence-electron chi connectivity index (χ4n) is 2.78. The molecule has 2 heterocycles. The third-order valence-corrected chi connectivity index (χ3v) is 3.64. The minimum absolute atomic E-state index is 0.396. The first kappa shape index (κ1) is 10.9. The Kier molecular flexibility index (Phi) is 3.62. The molecule has 3 nitrogen and oxygen atoms in total. The van der Waals surface area contributed by atoms with Crippen molar-refractivity contribution in [2.24, 2.45) is 5.92 Å². The molecule has 2 fully saturated rings. The Morgan fingerprint density at radius 1 is 1.20 bits per heavy atom. The number of rotatable bonds is 2. The molecule has 1 unspecified atom stereocenters. The zero-order valence-corrected chi connectivity index (χ0v) is 9.74. The second-order valence-corrected chi connectivity index (χ2v) is 5.06. The Morgan fingerprint density at radius 3 is 2.60 bits per heavy atom. The van der Waals surface area contributed by atoms with Gasteiger partial charge < -0.3 is 9.80 Å². The SMILES string of the molecule is CN1CCCC(CC(=O)N2CCCC2)C1. The van der Waals surface area contributed by atoms with Crippen LogP contribution in [0.4, 0.5) is 0 Å². The quantitative estimate of drug-likeness (QED) is 0.686. The third-order valence-electron chi connectivity index (χ3n) is 3.64. The van der Waals surface area contributed by atoms with E-state index in [1.54, 1.807) is 0 Å². The van der Waals surface area contributed by atoms with E-state index in [2.05, 4.69) is 16.8 Å². The van der Waals surface area contributed by atoms with Crippen molar-refractivity contribution in [1.29, 1.82) is 0 Å². The van der Waals surface area contributed by atoms with Crippen LogP contribution in [0.5, 0.6) is 0 Å². The van der Waals surface area contributed by atoms with Crippen LogP contribution in [-0.2, 0) is 4.79 Å². The smallest absolute Gasteiger partial charge is 0.222 e. The topological polar surface area (TPSA) is 23.6 Å². The first-order valence-corrected chi connectivity index (χ1v) is 6.22. The standard InChI is InChI=1S/C12H22N2O/c1-13-6-4-5-11(10-13)9-12(15)14-7-2-3-8-14/h11H,2-10H2,1H3. The van der Waals surface area contributed by atoms with E-state index in [0.717, 1.165) is 26.1 Å². The van der Waals surface area contributed by atoms with Crippen molar-refractivity contribution < 1.29 is 4.79 Å². The maximum absolute atomic E-state index is 11.9. The van der Waals surface area contributed by atoms with Crippen LogP contribution in [0.3, 0.4) is 0 Å². The molecule has 0 radical (unpaired) electrons. The van der Waals surface area contributed by atoms with Crippen LogP contribution < -0.4 is 0 Å². The molecule has 0 aliphatic carbocycles. The van der Waals surface area contributed by atoms with Crippen LogP contribution in [0.2, 0.25) is 0 Å². The van der Waals surface area contributed by atoms with Gasteiger partial charge in [-0.2, -0.15) is 0 Å². The molecule has 0 aromatic carbocycles. The summed E-state index contributed by atoms with van der Waals surface area (Å²) >= 11 is 0. The number of carbonyl (C=O) groups excluding carboxylic acids is 1. The molecule has 0 N–H and O–H groups in total. The third kappa shape index (κ3) is 2.94. The average Bonchev–Trinajstić information content (AvgIpc) is 2.70. The van der Waals surface area contributed by atoms with Crippen molar-refractivity contribution in [2.75, 3.05) is 33.2 Å². The monoisotopic (exact) mass is 210 g/mol. The van der Waals surface area contributed by atoms with Crippen molar-refractivity contribution in [1.82, 2.24) is 9.80 Å². The normalized spacial score (nSPS) is 28.3. The number of piperidine rings is 1. The summed E-state index contributed by atoms with van der Waals surface area (Å²) in [4.78, 5) is 16.3. The van der Waals surface area contributed by atoms with Gasteiger partial charge in [-0.15, -0.1) is 0 Å². The number of likely N-dealkylation sites (tertiary alicyclic amines) is 2. The minimum Gasteiger partial charge on any atom is -0.343 e. The number of hydrogen-bond donors (Lipinski definition) is 0. The van der Waals surface area contributed by atoms with E-state index in [1.165, 1.54) is 32.2 Å². The number of hydrogen-bond acceptors (Lipinski definition) is 2. The van der Waals surface area contributed by atoms with E-state index >= 15 is 0 Å². The van der Waals surface area contributed by atoms with Gasteiger partial charge >= 0.3 is 0 Å². The molecular weight excluding hydrogens is 188 g/mol. The van der Waals surface area contributed by atoms with Gasteiger partial charge in [-0.1, -0.05) is 0 Å². The zero-order valence-electron chi connectivity index (χ0n) is 9.74. The highest BCUT2D eigenvalue weighted by molar-refractivity contribution is 5.76. The van der Waals surface area contributed by atoms with Crippen LogP contribution in [0, 0.1) is 5.92 Å². The lowest BCUT2D eigenvalue weighted by Gasteiger charge is -2.30. The van der Waals surface area contributed by atoms with Crippen LogP contribution >= 0.6 is 0 Å². The maximum Gasteiger partial charge on any atom is 0.222 e. The van der Waals surface area contributed by atoms with E-state index in [9.17, 15) is 4.79 Å². The fraction of sp³-hybridized carbons (Fsp3) is 0.917. The highest BCUT2D eigenvalue weighted by Gasteiger charge is 2.24. The van der Waals surface area contributed by atoms with Crippen molar-refractivity contribution in [2.45, 2.75) is 32.1 Å². The lowest BCUT2D eigenvalue weighted by atomic mass is 9.94. The maximum atomic E-state index is 11.9. The lowest BCUT2D eigenvalue weighted by molar-refractivity contribution is -0.131. The predicted molar refractivity (Wildman–Crippen MR) is 60.7 cm³/mol. The molecule has 0 saturated carbocycles. The lowest BCUT2D eigenvalue weighted by Crippen LogP contribution is -2.36. The molecule has 0 aromatic heterocycles. The highest BCUT2D eigenvalue weighted by Crippen LogP contribution is 2.20. The van der Waals surface area contributed by atoms with Crippen molar-refractivity contribution in [3.63, 3.8) is 0 Å². The van der Waals surface area contributed by atoms with Gasteiger partial charge in [0.25, 0.3) is 0 Å². The molecular formula is C12H22N2O. The van der Waals surface area contributed by atoms with Crippen molar-refractivity contribution in [3.8, 4) is 0 Å². The van der Waals surface area contributed by atoms with Crippen molar-refractivity contribution >= 4 is 5.91 Å². The molecule has 3 heteroatoms. The first-order valence-electron chi connectivity index (χ1n) is 6.22. The molecule has 2 rings (SSSR count). The highest BCUT2D eigenvalue weighted by atomic mass is 16.2. The Bertz CT molecular complexity index is 224. The largest absolute Gasteiger partial charge is 0.343 e. The molecule has 1 atom stereocenters. The molecule has 86 valence electrons. The molecule has 0 aromatic rings. The molecule has 0 spiro atoms. The van der Waals surface area contributed by atoms with Crippen LogP contribution in [0.25, 0.3) is 0 Å². The van der Waals surface area contributed by atoms with E-state index in [1.807, 2.05) is 0 Å². The van der Waals surface area contributed by atoms with Gasteiger partial charge in [0.2, 0.25) is 5.91 Å². The second-order valence-electron chi connectivity index (χ2n) is 5.06.